The smallest absolute Gasteiger partial charge is 0.165 e. The third-order valence-electron chi connectivity index (χ3n) is 3.13. The Morgan fingerprint density at radius 3 is 2.79 bits per heavy atom. The molecule has 19 heavy (non-hydrogen) atoms. The van der Waals surface area contributed by atoms with Gasteiger partial charge in [0.05, 0.1) is 13.2 Å². The maximum absolute atomic E-state index is 13.6. The van der Waals surface area contributed by atoms with Crippen molar-refractivity contribution in [2.45, 2.75) is 26.0 Å². The predicted octanol–water partition coefficient (Wildman–Crippen LogP) is 3.13. The molecular weight excluding hydrogens is 245 g/mol. The highest BCUT2D eigenvalue weighted by atomic mass is 19.1. The molecule has 0 saturated carbocycles. The van der Waals surface area contributed by atoms with Gasteiger partial charge in [0.25, 0.3) is 0 Å². The molecule has 2 rings (SSSR count). The van der Waals surface area contributed by atoms with E-state index in [9.17, 15) is 9.50 Å². The van der Waals surface area contributed by atoms with Gasteiger partial charge in [-0.1, -0.05) is 13.0 Å². The largest absolute Gasteiger partial charge is 0.494 e. The average molecular weight is 263 g/mol. The highest BCUT2D eigenvalue weighted by Crippen LogP contribution is 2.20. The average Bonchev–Trinajstić information content (AvgIpc) is 2.86. The van der Waals surface area contributed by atoms with Gasteiger partial charge in [-0.25, -0.2) is 4.39 Å². The number of aliphatic hydroxyl groups is 1. The highest BCUT2D eigenvalue weighted by Gasteiger charge is 2.07. The minimum absolute atomic E-state index is 0.248. The molecule has 0 fully saturated rings. The lowest BCUT2D eigenvalue weighted by Crippen LogP contribution is -1.99. The van der Waals surface area contributed by atoms with Gasteiger partial charge in [-0.15, -0.1) is 0 Å². The first kappa shape index (κ1) is 13.6. The van der Waals surface area contributed by atoms with Crippen molar-refractivity contribution in [1.82, 2.24) is 4.57 Å². The van der Waals surface area contributed by atoms with Gasteiger partial charge in [0.1, 0.15) is 0 Å². The van der Waals surface area contributed by atoms with E-state index in [1.165, 1.54) is 13.2 Å². The summed E-state index contributed by atoms with van der Waals surface area (Å²) in [5.74, 6) is -0.112. The Morgan fingerprint density at radius 2 is 2.16 bits per heavy atom. The number of rotatable bonds is 5. The lowest BCUT2D eigenvalue weighted by Gasteiger charge is -2.07. The van der Waals surface area contributed by atoms with Crippen LogP contribution in [0.15, 0.2) is 36.7 Å². The molecule has 0 radical (unpaired) electrons. The molecule has 0 saturated heterocycles. The number of halogens is 1. The first-order valence-electron chi connectivity index (χ1n) is 6.30. The van der Waals surface area contributed by atoms with Crippen LogP contribution in [0.3, 0.4) is 0 Å². The Morgan fingerprint density at radius 1 is 1.37 bits per heavy atom. The monoisotopic (exact) mass is 263 g/mol. The van der Waals surface area contributed by atoms with E-state index in [4.69, 9.17) is 4.74 Å². The highest BCUT2D eigenvalue weighted by molar-refractivity contribution is 5.29. The Kier molecular flexibility index (Phi) is 4.22. The van der Waals surface area contributed by atoms with Crippen LogP contribution in [-0.2, 0) is 6.54 Å². The normalized spacial score (nSPS) is 12.4. The summed E-state index contributed by atoms with van der Waals surface area (Å²) in [5.41, 5.74) is 1.74. The van der Waals surface area contributed by atoms with Crippen molar-refractivity contribution in [3.8, 4) is 5.75 Å². The van der Waals surface area contributed by atoms with Gasteiger partial charge < -0.3 is 14.4 Å². The van der Waals surface area contributed by atoms with E-state index in [2.05, 4.69) is 0 Å². The van der Waals surface area contributed by atoms with Crippen molar-refractivity contribution in [2.75, 3.05) is 7.11 Å². The van der Waals surface area contributed by atoms with Crippen LogP contribution in [0.25, 0.3) is 0 Å². The molecule has 0 bridgehead atoms. The third kappa shape index (κ3) is 3.15. The van der Waals surface area contributed by atoms with Crippen molar-refractivity contribution < 1.29 is 14.2 Å². The van der Waals surface area contributed by atoms with E-state index >= 15 is 0 Å². The first-order valence-corrected chi connectivity index (χ1v) is 6.30. The molecule has 1 unspecified atom stereocenters. The summed E-state index contributed by atoms with van der Waals surface area (Å²) in [6.45, 7) is 2.50. The summed E-state index contributed by atoms with van der Waals surface area (Å²) >= 11 is 0. The molecule has 0 spiro atoms. The quantitative estimate of drug-likeness (QED) is 0.899. The third-order valence-corrected chi connectivity index (χ3v) is 3.13. The molecule has 1 atom stereocenters. The van der Waals surface area contributed by atoms with Gasteiger partial charge in [-0.05, 0) is 35.7 Å². The molecule has 0 aliphatic rings. The van der Waals surface area contributed by atoms with Crippen LogP contribution in [0, 0.1) is 5.82 Å². The second-order valence-electron chi connectivity index (χ2n) is 4.51. The number of benzene rings is 1. The molecule has 0 amide bonds. The number of aliphatic hydroxyl groups excluding tert-OH is 1. The molecule has 1 N–H and O–H groups in total. The van der Waals surface area contributed by atoms with Crippen molar-refractivity contribution >= 4 is 0 Å². The lowest BCUT2D eigenvalue weighted by atomic mass is 10.1. The minimum Gasteiger partial charge on any atom is -0.494 e. The number of nitrogens with zero attached hydrogens (tertiary/aromatic N) is 1. The fourth-order valence-corrected chi connectivity index (χ4v) is 2.01. The predicted molar refractivity (Wildman–Crippen MR) is 71.7 cm³/mol. The Bertz CT molecular complexity index is 551. The van der Waals surface area contributed by atoms with E-state index in [-0.39, 0.29) is 11.6 Å². The Labute approximate surface area is 112 Å². The summed E-state index contributed by atoms with van der Waals surface area (Å²) in [5, 5.41) is 9.73. The summed E-state index contributed by atoms with van der Waals surface area (Å²) in [6.07, 6.45) is 4.02. The maximum atomic E-state index is 13.6. The first-order chi connectivity index (χ1) is 9.13. The van der Waals surface area contributed by atoms with Gasteiger partial charge in [0.15, 0.2) is 11.6 Å². The van der Waals surface area contributed by atoms with E-state index in [0.29, 0.717) is 13.0 Å². The zero-order valence-electron chi connectivity index (χ0n) is 11.1. The fraction of sp³-hybridized carbons (Fsp3) is 0.333. The van der Waals surface area contributed by atoms with Crippen molar-refractivity contribution in [2.24, 2.45) is 0 Å². The molecule has 1 aromatic carbocycles. The topological polar surface area (TPSA) is 34.4 Å². The van der Waals surface area contributed by atoms with E-state index in [0.717, 1.165) is 11.1 Å². The molecule has 4 heteroatoms. The SMILES string of the molecule is CCC(O)c1ccn(Cc2ccc(OC)c(F)c2)c1. The van der Waals surface area contributed by atoms with Crippen molar-refractivity contribution in [3.05, 3.63) is 53.6 Å². The zero-order valence-corrected chi connectivity index (χ0v) is 11.1. The molecule has 0 aliphatic heterocycles. The summed E-state index contributed by atoms with van der Waals surface area (Å²) in [4.78, 5) is 0. The second kappa shape index (κ2) is 5.89. The molecule has 1 heterocycles. The van der Waals surface area contributed by atoms with Crippen LogP contribution in [0.5, 0.6) is 5.75 Å². The van der Waals surface area contributed by atoms with Crippen LogP contribution in [-0.4, -0.2) is 16.8 Å². The van der Waals surface area contributed by atoms with Crippen molar-refractivity contribution in [3.63, 3.8) is 0 Å². The van der Waals surface area contributed by atoms with Gasteiger partial charge in [-0.2, -0.15) is 0 Å². The van der Waals surface area contributed by atoms with Gasteiger partial charge >= 0.3 is 0 Å². The summed E-state index contributed by atoms with van der Waals surface area (Å²) < 4.78 is 20.4. The molecule has 3 nitrogen and oxygen atoms in total. The van der Waals surface area contributed by atoms with E-state index in [1.807, 2.05) is 36.0 Å². The van der Waals surface area contributed by atoms with Gasteiger partial charge in [0, 0.05) is 18.9 Å². The number of aromatic nitrogens is 1. The van der Waals surface area contributed by atoms with Gasteiger partial charge in [-0.3, -0.25) is 0 Å². The van der Waals surface area contributed by atoms with Crippen LogP contribution >= 0.6 is 0 Å². The van der Waals surface area contributed by atoms with Crippen LogP contribution in [0.4, 0.5) is 4.39 Å². The molecule has 0 aliphatic carbocycles. The molecule has 102 valence electrons. The number of hydrogen-bond donors (Lipinski definition) is 1. The summed E-state index contributed by atoms with van der Waals surface area (Å²) in [7, 11) is 1.45. The van der Waals surface area contributed by atoms with Crippen molar-refractivity contribution in [1.29, 1.82) is 0 Å². The number of hydrogen-bond acceptors (Lipinski definition) is 2. The molecule has 2 aromatic rings. The van der Waals surface area contributed by atoms with Crippen LogP contribution < -0.4 is 4.74 Å². The van der Waals surface area contributed by atoms with E-state index < -0.39 is 6.10 Å². The van der Waals surface area contributed by atoms with Crippen LogP contribution in [0.1, 0.15) is 30.6 Å². The Hall–Kier alpha value is -1.81. The number of ether oxygens (including phenoxy) is 1. The maximum Gasteiger partial charge on any atom is 0.165 e. The minimum atomic E-state index is -0.436. The fourth-order valence-electron chi connectivity index (χ4n) is 2.01. The number of methoxy groups -OCH3 is 1. The molecule has 1 aromatic heterocycles. The zero-order chi connectivity index (χ0) is 13.8. The Balaban J connectivity index is 2.12. The standard InChI is InChI=1S/C15H18FNO2/c1-3-14(18)12-6-7-17(10-12)9-11-4-5-15(19-2)13(16)8-11/h4-8,10,14,18H,3,9H2,1-2H3. The second-order valence-corrected chi connectivity index (χ2v) is 4.51. The van der Waals surface area contributed by atoms with E-state index in [1.54, 1.807) is 6.07 Å². The molecular formula is C15H18FNO2. The van der Waals surface area contributed by atoms with Crippen LogP contribution in [0.2, 0.25) is 0 Å². The lowest BCUT2D eigenvalue weighted by molar-refractivity contribution is 0.173. The van der Waals surface area contributed by atoms with Gasteiger partial charge in [0.2, 0.25) is 0 Å². The summed E-state index contributed by atoms with van der Waals surface area (Å²) in [6, 6.07) is 6.80.